The van der Waals surface area contributed by atoms with Crippen molar-refractivity contribution < 1.29 is 19.1 Å². The van der Waals surface area contributed by atoms with Crippen molar-refractivity contribution in [3.63, 3.8) is 0 Å². The third-order valence-corrected chi connectivity index (χ3v) is 3.78. The summed E-state index contributed by atoms with van der Waals surface area (Å²) < 4.78 is 10.5. The van der Waals surface area contributed by atoms with Crippen LogP contribution >= 0.6 is 11.6 Å². The number of nitrogens with zero attached hydrogens (tertiary/aromatic N) is 1. The number of aromatic nitrogens is 1. The predicted molar refractivity (Wildman–Crippen MR) is 94.8 cm³/mol. The predicted octanol–water partition coefficient (Wildman–Crippen LogP) is 3.30. The molecule has 1 heterocycles. The SMILES string of the molecule is Cc1cccc(OCC(=O)O[C@H](C)C(=O)Nc2ccc(Cl)cn2)c1C. The standard InChI is InChI=1S/C18H19ClN2O4/c1-11-5-4-6-15(12(11)2)24-10-17(22)25-13(3)18(23)21-16-8-7-14(19)9-20-16/h4-9,13H,10H2,1-3H3,(H,20,21,23)/t13-/m1/s1. The van der Waals surface area contributed by atoms with Crippen LogP contribution in [0.15, 0.2) is 36.5 Å². The minimum absolute atomic E-state index is 0.277. The highest BCUT2D eigenvalue weighted by molar-refractivity contribution is 6.30. The Morgan fingerprint density at radius 2 is 2.00 bits per heavy atom. The van der Waals surface area contributed by atoms with E-state index in [0.717, 1.165) is 11.1 Å². The van der Waals surface area contributed by atoms with Crippen molar-refractivity contribution in [1.29, 1.82) is 0 Å². The number of carbonyl (C=O) groups excluding carboxylic acids is 2. The number of rotatable bonds is 6. The summed E-state index contributed by atoms with van der Waals surface area (Å²) in [6.07, 6.45) is 0.429. The lowest BCUT2D eigenvalue weighted by Gasteiger charge is -2.14. The van der Waals surface area contributed by atoms with Crippen molar-refractivity contribution in [2.75, 3.05) is 11.9 Å². The summed E-state index contributed by atoms with van der Waals surface area (Å²) in [5.41, 5.74) is 2.02. The number of benzene rings is 1. The lowest BCUT2D eigenvalue weighted by atomic mass is 10.1. The lowest BCUT2D eigenvalue weighted by Crippen LogP contribution is -2.32. The van der Waals surface area contributed by atoms with Gasteiger partial charge in [0.05, 0.1) is 5.02 Å². The molecule has 0 aliphatic rings. The second-order valence-electron chi connectivity index (χ2n) is 5.47. The zero-order valence-electron chi connectivity index (χ0n) is 14.2. The Balaban J connectivity index is 1.83. The summed E-state index contributed by atoms with van der Waals surface area (Å²) in [6, 6.07) is 8.73. The van der Waals surface area contributed by atoms with Crippen molar-refractivity contribution >= 4 is 29.3 Å². The van der Waals surface area contributed by atoms with Crippen LogP contribution in [0.1, 0.15) is 18.1 Å². The molecule has 2 rings (SSSR count). The Morgan fingerprint density at radius 1 is 1.24 bits per heavy atom. The number of anilines is 1. The van der Waals surface area contributed by atoms with Gasteiger partial charge in [-0.15, -0.1) is 0 Å². The molecule has 0 aliphatic heterocycles. The van der Waals surface area contributed by atoms with Crippen LogP contribution in [0.3, 0.4) is 0 Å². The minimum atomic E-state index is -0.979. The van der Waals surface area contributed by atoms with Crippen LogP contribution in [0.25, 0.3) is 0 Å². The van der Waals surface area contributed by atoms with Crippen LogP contribution in [0, 0.1) is 13.8 Å². The lowest BCUT2D eigenvalue weighted by molar-refractivity contribution is -0.155. The maximum atomic E-state index is 12.0. The Labute approximate surface area is 151 Å². The van der Waals surface area contributed by atoms with Crippen molar-refractivity contribution in [1.82, 2.24) is 4.98 Å². The zero-order chi connectivity index (χ0) is 18.4. The molecule has 0 fully saturated rings. The van der Waals surface area contributed by atoms with Gasteiger partial charge in [-0.1, -0.05) is 23.7 Å². The molecule has 0 radical (unpaired) electrons. The van der Waals surface area contributed by atoms with Crippen LogP contribution in [-0.2, 0) is 14.3 Å². The number of nitrogens with one attached hydrogen (secondary N) is 1. The van der Waals surface area contributed by atoms with Gasteiger partial charge < -0.3 is 14.8 Å². The van der Waals surface area contributed by atoms with E-state index >= 15 is 0 Å². The first-order chi connectivity index (χ1) is 11.9. The molecule has 25 heavy (non-hydrogen) atoms. The number of hydrogen-bond acceptors (Lipinski definition) is 5. The van der Waals surface area contributed by atoms with Gasteiger partial charge in [0.15, 0.2) is 12.7 Å². The van der Waals surface area contributed by atoms with Crippen LogP contribution < -0.4 is 10.1 Å². The molecule has 132 valence electrons. The summed E-state index contributed by atoms with van der Waals surface area (Å²) in [5.74, 6) is -0.189. The van der Waals surface area contributed by atoms with E-state index in [1.165, 1.54) is 13.1 Å². The van der Waals surface area contributed by atoms with Gasteiger partial charge in [-0.05, 0) is 50.1 Å². The van der Waals surface area contributed by atoms with E-state index in [1.807, 2.05) is 26.0 Å². The smallest absolute Gasteiger partial charge is 0.344 e. The fraction of sp³-hybridized carbons (Fsp3) is 0.278. The Hall–Kier alpha value is -2.60. The third-order valence-electron chi connectivity index (χ3n) is 3.56. The van der Waals surface area contributed by atoms with Crippen molar-refractivity contribution in [2.24, 2.45) is 0 Å². The van der Waals surface area contributed by atoms with Gasteiger partial charge >= 0.3 is 5.97 Å². The Bertz CT molecular complexity index is 762. The highest BCUT2D eigenvalue weighted by atomic mass is 35.5. The number of esters is 1. The number of pyridine rings is 1. The second kappa shape index (κ2) is 8.48. The molecule has 1 aromatic carbocycles. The van der Waals surface area contributed by atoms with E-state index < -0.39 is 18.0 Å². The Morgan fingerprint density at radius 3 is 2.68 bits per heavy atom. The Kier molecular flexibility index (Phi) is 6.36. The van der Waals surface area contributed by atoms with Crippen LogP contribution in [0.5, 0.6) is 5.75 Å². The van der Waals surface area contributed by atoms with E-state index in [-0.39, 0.29) is 6.61 Å². The van der Waals surface area contributed by atoms with Gasteiger partial charge in [-0.2, -0.15) is 0 Å². The van der Waals surface area contributed by atoms with Crippen molar-refractivity contribution in [3.8, 4) is 5.75 Å². The summed E-state index contributed by atoms with van der Waals surface area (Å²) in [6.45, 7) is 5.06. The number of aryl methyl sites for hydroxylation is 1. The topological polar surface area (TPSA) is 77.5 Å². The number of ether oxygens (including phenoxy) is 2. The van der Waals surface area contributed by atoms with Crippen LogP contribution in [0.4, 0.5) is 5.82 Å². The number of halogens is 1. The molecule has 6 nitrogen and oxygen atoms in total. The molecule has 0 bridgehead atoms. The van der Waals surface area contributed by atoms with E-state index in [2.05, 4.69) is 10.3 Å². The van der Waals surface area contributed by atoms with Gasteiger partial charge in [-0.25, -0.2) is 9.78 Å². The van der Waals surface area contributed by atoms with Crippen LogP contribution in [0.2, 0.25) is 5.02 Å². The molecule has 1 atom stereocenters. The summed E-state index contributed by atoms with van der Waals surface area (Å²) in [7, 11) is 0. The van der Waals surface area contributed by atoms with E-state index in [9.17, 15) is 9.59 Å². The number of amides is 1. The fourth-order valence-electron chi connectivity index (χ4n) is 1.98. The average molecular weight is 363 g/mol. The maximum absolute atomic E-state index is 12.0. The molecule has 0 spiro atoms. The van der Waals surface area contributed by atoms with Gasteiger partial charge in [0.25, 0.3) is 5.91 Å². The largest absolute Gasteiger partial charge is 0.482 e. The highest BCUT2D eigenvalue weighted by Gasteiger charge is 2.19. The maximum Gasteiger partial charge on any atom is 0.344 e. The minimum Gasteiger partial charge on any atom is -0.482 e. The zero-order valence-corrected chi connectivity index (χ0v) is 15.0. The normalized spacial score (nSPS) is 11.5. The van der Waals surface area contributed by atoms with Crippen molar-refractivity contribution in [2.45, 2.75) is 26.9 Å². The van der Waals surface area contributed by atoms with Gasteiger partial charge in [0.2, 0.25) is 0 Å². The molecular weight excluding hydrogens is 344 g/mol. The molecule has 0 saturated heterocycles. The van der Waals surface area contributed by atoms with E-state index in [4.69, 9.17) is 21.1 Å². The molecule has 1 aromatic heterocycles. The average Bonchev–Trinajstić information content (AvgIpc) is 2.58. The monoisotopic (exact) mass is 362 g/mol. The third kappa shape index (κ3) is 5.46. The molecule has 0 unspecified atom stereocenters. The molecule has 1 amide bonds. The molecule has 7 heteroatoms. The first-order valence-corrected chi connectivity index (χ1v) is 8.05. The van der Waals surface area contributed by atoms with Crippen molar-refractivity contribution in [3.05, 3.63) is 52.7 Å². The van der Waals surface area contributed by atoms with E-state index in [1.54, 1.807) is 18.2 Å². The summed E-state index contributed by atoms with van der Waals surface area (Å²) in [5, 5.41) is 3.00. The van der Waals surface area contributed by atoms with E-state index in [0.29, 0.717) is 16.6 Å². The highest BCUT2D eigenvalue weighted by Crippen LogP contribution is 2.20. The fourth-order valence-corrected chi connectivity index (χ4v) is 2.09. The second-order valence-corrected chi connectivity index (χ2v) is 5.91. The molecule has 0 saturated carbocycles. The molecule has 1 N–H and O–H groups in total. The molecular formula is C18H19ClN2O4. The van der Waals surface area contributed by atoms with Gasteiger partial charge in [0.1, 0.15) is 11.6 Å². The number of hydrogen-bond donors (Lipinski definition) is 1. The number of carbonyl (C=O) groups is 2. The summed E-state index contributed by atoms with van der Waals surface area (Å²) >= 11 is 5.73. The summed E-state index contributed by atoms with van der Waals surface area (Å²) in [4.78, 5) is 27.8. The van der Waals surface area contributed by atoms with Gasteiger partial charge in [-0.3, -0.25) is 4.79 Å². The molecule has 2 aromatic rings. The first-order valence-electron chi connectivity index (χ1n) is 7.67. The van der Waals surface area contributed by atoms with Crippen LogP contribution in [-0.4, -0.2) is 29.6 Å². The van der Waals surface area contributed by atoms with Gasteiger partial charge in [0, 0.05) is 6.20 Å². The molecule has 0 aliphatic carbocycles. The first kappa shape index (κ1) is 18.7. The quantitative estimate of drug-likeness (QED) is 0.798.